The first-order valence-corrected chi connectivity index (χ1v) is 16.0. The molecule has 0 saturated heterocycles. The van der Waals surface area contributed by atoms with Gasteiger partial charge in [0, 0.05) is 66.5 Å². The van der Waals surface area contributed by atoms with Gasteiger partial charge in [-0.2, -0.15) is 0 Å². The molecule has 244 valence electrons. The standard InChI is InChI=1S/C35H34Cl2N4O6/c1-3-45-16-17-46-30-20-29-27(13-15-40(29)35(44)38-2)18-31(30)47-28-12-14-39-32(19-28)41(33(42)25-8-4-23(21-36)5-9-25)34(43)26-10-6-24(22-37)7-11-26/h4-15,18-20,33,42H,3,16-17,21-22H2,1-2H3,(H,38,44). The average molecular weight is 678 g/mol. The maximum absolute atomic E-state index is 14.0. The van der Waals surface area contributed by atoms with Crippen LogP contribution < -0.4 is 19.7 Å². The van der Waals surface area contributed by atoms with Gasteiger partial charge in [-0.05, 0) is 48.4 Å². The van der Waals surface area contributed by atoms with Crippen molar-refractivity contribution in [2.24, 2.45) is 0 Å². The van der Waals surface area contributed by atoms with E-state index in [1.165, 1.54) is 15.7 Å². The number of benzene rings is 3. The van der Waals surface area contributed by atoms with Crippen LogP contribution in [-0.2, 0) is 16.5 Å². The number of halogens is 2. The Balaban J connectivity index is 1.52. The molecule has 1 atom stereocenters. The van der Waals surface area contributed by atoms with Crippen LogP contribution >= 0.6 is 23.2 Å². The number of anilines is 1. The number of alkyl halides is 2. The van der Waals surface area contributed by atoms with Gasteiger partial charge in [-0.1, -0.05) is 36.4 Å². The van der Waals surface area contributed by atoms with Crippen LogP contribution in [0.25, 0.3) is 10.9 Å². The summed E-state index contributed by atoms with van der Waals surface area (Å²) in [5.74, 6) is 1.35. The van der Waals surface area contributed by atoms with Gasteiger partial charge in [0.15, 0.2) is 17.7 Å². The first-order chi connectivity index (χ1) is 22.9. The van der Waals surface area contributed by atoms with Gasteiger partial charge in [-0.15, -0.1) is 23.2 Å². The number of ether oxygens (including phenoxy) is 3. The third kappa shape index (κ3) is 7.86. The van der Waals surface area contributed by atoms with Crippen LogP contribution in [0.4, 0.5) is 10.6 Å². The first kappa shape index (κ1) is 33.7. The number of carbonyl (C=O) groups excluding carboxylic acids is 2. The van der Waals surface area contributed by atoms with Crippen molar-refractivity contribution in [2.45, 2.75) is 24.9 Å². The number of carbonyl (C=O) groups is 2. The molecule has 0 radical (unpaired) electrons. The van der Waals surface area contributed by atoms with Crippen molar-refractivity contribution in [1.82, 2.24) is 14.9 Å². The molecule has 2 heterocycles. The Morgan fingerprint density at radius 1 is 0.936 bits per heavy atom. The van der Waals surface area contributed by atoms with E-state index in [9.17, 15) is 14.7 Å². The largest absolute Gasteiger partial charge is 0.487 e. The van der Waals surface area contributed by atoms with E-state index in [2.05, 4.69) is 10.3 Å². The lowest BCUT2D eigenvalue weighted by Gasteiger charge is -2.28. The SMILES string of the molecule is CCOCCOc1cc2c(ccn2C(=O)NC)cc1Oc1ccnc(N(C(=O)c2ccc(CCl)cc2)C(O)c2ccc(CCl)cc2)c1. The Hall–Kier alpha value is -4.61. The summed E-state index contributed by atoms with van der Waals surface area (Å²) in [6, 6.07) is 22.0. The number of aromatic nitrogens is 2. The predicted molar refractivity (Wildman–Crippen MR) is 182 cm³/mol. The van der Waals surface area contributed by atoms with Crippen molar-refractivity contribution in [3.8, 4) is 17.2 Å². The van der Waals surface area contributed by atoms with Crippen molar-refractivity contribution < 1.29 is 28.9 Å². The molecule has 5 aromatic rings. The number of pyridine rings is 1. The maximum atomic E-state index is 14.0. The van der Waals surface area contributed by atoms with E-state index in [4.69, 9.17) is 37.4 Å². The minimum absolute atomic E-state index is 0.147. The van der Waals surface area contributed by atoms with Gasteiger partial charge in [-0.25, -0.2) is 9.78 Å². The van der Waals surface area contributed by atoms with Gasteiger partial charge < -0.3 is 24.6 Å². The minimum atomic E-state index is -1.39. The lowest BCUT2D eigenvalue weighted by Crippen LogP contribution is -2.35. The molecular weight excluding hydrogens is 643 g/mol. The molecule has 47 heavy (non-hydrogen) atoms. The summed E-state index contributed by atoms with van der Waals surface area (Å²) < 4.78 is 19.3. The summed E-state index contributed by atoms with van der Waals surface area (Å²) in [5.41, 5.74) is 3.14. The number of fused-ring (bicyclic) bond motifs is 1. The fraction of sp³-hybridized carbons (Fsp3) is 0.229. The summed E-state index contributed by atoms with van der Waals surface area (Å²) in [6.07, 6.45) is 1.76. The van der Waals surface area contributed by atoms with Crippen molar-refractivity contribution in [3.63, 3.8) is 0 Å². The third-order valence-corrected chi connectivity index (χ3v) is 7.94. The first-order valence-electron chi connectivity index (χ1n) is 14.9. The Kier molecular flexibility index (Phi) is 11.3. The van der Waals surface area contributed by atoms with Crippen molar-refractivity contribution in [2.75, 3.05) is 31.8 Å². The van der Waals surface area contributed by atoms with Crippen molar-refractivity contribution >= 4 is 51.9 Å². The maximum Gasteiger partial charge on any atom is 0.325 e. The van der Waals surface area contributed by atoms with E-state index in [0.29, 0.717) is 58.9 Å². The summed E-state index contributed by atoms with van der Waals surface area (Å²) in [5, 5.41) is 14.9. The number of nitrogens with zero attached hydrogens (tertiary/aromatic N) is 3. The molecule has 0 bridgehead atoms. The zero-order valence-electron chi connectivity index (χ0n) is 25.9. The van der Waals surface area contributed by atoms with E-state index >= 15 is 0 Å². The number of amides is 2. The minimum Gasteiger partial charge on any atom is -0.487 e. The number of rotatable bonds is 13. The Morgan fingerprint density at radius 3 is 2.30 bits per heavy atom. The van der Waals surface area contributed by atoms with Crippen molar-refractivity contribution in [1.29, 1.82) is 0 Å². The number of aliphatic hydroxyl groups excluding tert-OH is 1. The van der Waals surface area contributed by atoms with Crippen molar-refractivity contribution in [3.05, 3.63) is 114 Å². The highest BCUT2D eigenvalue weighted by Gasteiger charge is 2.28. The van der Waals surface area contributed by atoms with Crippen LogP contribution in [0.3, 0.4) is 0 Å². The van der Waals surface area contributed by atoms with E-state index in [-0.39, 0.29) is 18.5 Å². The van der Waals surface area contributed by atoms with Gasteiger partial charge in [-0.3, -0.25) is 14.3 Å². The molecule has 0 fully saturated rings. The van der Waals surface area contributed by atoms with E-state index in [0.717, 1.165) is 16.5 Å². The summed E-state index contributed by atoms with van der Waals surface area (Å²) in [7, 11) is 1.56. The summed E-state index contributed by atoms with van der Waals surface area (Å²) in [6.45, 7) is 3.04. The van der Waals surface area contributed by atoms with Gasteiger partial charge in [0.05, 0.1) is 12.1 Å². The van der Waals surface area contributed by atoms with Crippen LogP contribution in [0.1, 0.15) is 40.2 Å². The van der Waals surface area contributed by atoms with Gasteiger partial charge in [0.1, 0.15) is 18.2 Å². The highest BCUT2D eigenvalue weighted by atomic mass is 35.5. The Labute approximate surface area is 282 Å². The second kappa shape index (κ2) is 15.8. The molecule has 2 N–H and O–H groups in total. The molecule has 3 aromatic carbocycles. The van der Waals surface area contributed by atoms with Crippen LogP contribution in [0.5, 0.6) is 17.2 Å². The average Bonchev–Trinajstić information content (AvgIpc) is 3.52. The lowest BCUT2D eigenvalue weighted by atomic mass is 10.1. The molecule has 1 unspecified atom stereocenters. The fourth-order valence-corrected chi connectivity index (χ4v) is 5.21. The van der Waals surface area contributed by atoms with E-state index in [1.54, 1.807) is 92.1 Å². The number of hydrogen-bond donors (Lipinski definition) is 2. The van der Waals surface area contributed by atoms with Gasteiger partial charge in [0.2, 0.25) is 0 Å². The Bertz CT molecular complexity index is 1830. The van der Waals surface area contributed by atoms with Crippen LogP contribution in [0.2, 0.25) is 0 Å². The third-order valence-electron chi connectivity index (χ3n) is 7.32. The van der Waals surface area contributed by atoms with E-state index in [1.807, 2.05) is 6.92 Å². The summed E-state index contributed by atoms with van der Waals surface area (Å²) in [4.78, 5) is 32.1. The monoisotopic (exact) mass is 676 g/mol. The predicted octanol–water partition coefficient (Wildman–Crippen LogP) is 7.25. The fourth-order valence-electron chi connectivity index (χ4n) is 4.85. The van der Waals surface area contributed by atoms with Crippen LogP contribution in [-0.4, -0.2) is 53.5 Å². The zero-order chi connectivity index (χ0) is 33.3. The van der Waals surface area contributed by atoms with Gasteiger partial charge >= 0.3 is 6.03 Å². The topological polar surface area (TPSA) is 115 Å². The molecule has 2 aromatic heterocycles. The molecule has 0 aliphatic carbocycles. The second-order valence-corrected chi connectivity index (χ2v) is 10.9. The molecule has 0 aliphatic heterocycles. The molecular formula is C35H34Cl2N4O6. The molecule has 2 amide bonds. The molecule has 5 rings (SSSR count). The highest BCUT2D eigenvalue weighted by molar-refractivity contribution is 6.17. The normalized spacial score (nSPS) is 11.7. The summed E-state index contributed by atoms with van der Waals surface area (Å²) >= 11 is 11.9. The number of hydrogen-bond acceptors (Lipinski definition) is 7. The number of nitrogens with one attached hydrogen (secondary N) is 1. The second-order valence-electron chi connectivity index (χ2n) is 10.4. The van der Waals surface area contributed by atoms with Crippen LogP contribution in [0.15, 0.2) is 91.3 Å². The molecule has 10 nitrogen and oxygen atoms in total. The lowest BCUT2D eigenvalue weighted by molar-refractivity contribution is 0.0884. The quantitative estimate of drug-likeness (QED) is 0.0767. The highest BCUT2D eigenvalue weighted by Crippen LogP contribution is 2.38. The van der Waals surface area contributed by atoms with Gasteiger partial charge in [0.25, 0.3) is 5.91 Å². The van der Waals surface area contributed by atoms with E-state index < -0.39 is 12.1 Å². The molecule has 0 spiro atoms. The smallest absolute Gasteiger partial charge is 0.325 e. The zero-order valence-corrected chi connectivity index (χ0v) is 27.4. The molecule has 0 aliphatic rings. The Morgan fingerprint density at radius 2 is 1.64 bits per heavy atom. The molecule has 0 saturated carbocycles. The number of aliphatic hydroxyl groups is 1. The molecule has 12 heteroatoms. The van der Waals surface area contributed by atoms with Crippen LogP contribution in [0, 0.1) is 0 Å².